The molecule has 0 spiro atoms. The zero-order chi connectivity index (χ0) is 13.8. The molecule has 1 N–H and O–H groups in total. The molecule has 3 heterocycles. The quantitative estimate of drug-likeness (QED) is 0.418. The van der Waals surface area contributed by atoms with E-state index in [1.165, 1.54) is 0 Å². The molecule has 106 valence electrons. The van der Waals surface area contributed by atoms with Gasteiger partial charge in [0.25, 0.3) is 0 Å². The molecule has 0 aromatic heterocycles. The van der Waals surface area contributed by atoms with Crippen LogP contribution in [0.3, 0.4) is 0 Å². The van der Waals surface area contributed by atoms with Crippen molar-refractivity contribution in [3.8, 4) is 0 Å². The van der Waals surface area contributed by atoms with E-state index in [9.17, 15) is 13.2 Å². The molecule has 0 aromatic rings. The Morgan fingerprint density at radius 3 is 2.95 bits per heavy atom. The number of carbonyl (C=O) groups is 1. The highest BCUT2D eigenvalue weighted by Gasteiger charge is 2.64. The first-order valence-electron chi connectivity index (χ1n) is 6.01. The fraction of sp³-hybridized carbons (Fsp3) is 0.727. The molecule has 3 aliphatic heterocycles. The van der Waals surface area contributed by atoms with Gasteiger partial charge in [0.1, 0.15) is 11.4 Å². The second-order valence-corrected chi connectivity index (χ2v) is 6.99. The van der Waals surface area contributed by atoms with E-state index in [2.05, 4.69) is 11.3 Å². The van der Waals surface area contributed by atoms with Crippen LogP contribution in [0.5, 0.6) is 0 Å². The van der Waals surface area contributed by atoms with Gasteiger partial charge in [-0.3, -0.25) is 0 Å². The number of hydrogen-bond donors (Lipinski definition) is 1. The van der Waals surface area contributed by atoms with Crippen LogP contribution in [0.4, 0.5) is 0 Å². The molecule has 7 nitrogen and oxygen atoms in total. The summed E-state index contributed by atoms with van der Waals surface area (Å²) in [6.07, 6.45) is -0.586. The Balaban J connectivity index is 1.60. The van der Waals surface area contributed by atoms with E-state index in [1.54, 1.807) is 6.92 Å². The fourth-order valence-electron chi connectivity index (χ4n) is 2.87. The normalized spacial score (nSPS) is 41.4. The third-order valence-corrected chi connectivity index (χ3v) is 5.59. The third-order valence-electron chi connectivity index (χ3n) is 3.74. The number of esters is 1. The molecular weight excluding hydrogens is 274 g/mol. The molecule has 3 fully saturated rings. The minimum atomic E-state index is -3.30. The van der Waals surface area contributed by atoms with Crippen molar-refractivity contribution >= 4 is 16.0 Å². The smallest absolute Gasteiger partial charge is 0.335 e. The summed E-state index contributed by atoms with van der Waals surface area (Å²) in [4.78, 5) is 11.2. The highest BCUT2D eigenvalue weighted by atomic mass is 32.2. The molecule has 0 aliphatic carbocycles. The zero-order valence-corrected chi connectivity index (χ0v) is 11.2. The molecule has 0 amide bonds. The van der Waals surface area contributed by atoms with Gasteiger partial charge in [-0.25, -0.2) is 17.9 Å². The zero-order valence-electron chi connectivity index (χ0n) is 10.4. The van der Waals surface area contributed by atoms with Gasteiger partial charge in [-0.2, -0.15) is 0 Å². The monoisotopic (exact) mass is 289 g/mol. The maximum atomic E-state index is 11.8. The van der Waals surface area contributed by atoms with Gasteiger partial charge in [-0.1, -0.05) is 6.58 Å². The van der Waals surface area contributed by atoms with E-state index in [-0.39, 0.29) is 30.6 Å². The second-order valence-electron chi connectivity index (χ2n) is 5.06. The van der Waals surface area contributed by atoms with Gasteiger partial charge in [0, 0.05) is 5.57 Å². The third kappa shape index (κ3) is 1.99. The Hall–Kier alpha value is -0.960. The summed E-state index contributed by atoms with van der Waals surface area (Å²) in [5.74, 6) is -0.533. The van der Waals surface area contributed by atoms with Gasteiger partial charge >= 0.3 is 5.97 Å². The predicted octanol–water partition coefficient (Wildman–Crippen LogP) is -0.710. The van der Waals surface area contributed by atoms with E-state index < -0.39 is 27.3 Å². The van der Waals surface area contributed by atoms with Gasteiger partial charge in [0.2, 0.25) is 10.0 Å². The fourth-order valence-corrected chi connectivity index (χ4v) is 4.72. The lowest BCUT2D eigenvalue weighted by Crippen LogP contribution is -2.44. The summed E-state index contributed by atoms with van der Waals surface area (Å²) in [7, 11) is -3.30. The van der Waals surface area contributed by atoms with Gasteiger partial charge < -0.3 is 14.2 Å². The van der Waals surface area contributed by atoms with Crippen molar-refractivity contribution in [3.63, 3.8) is 0 Å². The molecule has 0 aromatic carbocycles. The molecule has 3 rings (SSSR count). The summed E-state index contributed by atoms with van der Waals surface area (Å²) in [5.41, 5.74) is 0.287. The van der Waals surface area contributed by atoms with Crippen molar-refractivity contribution in [2.24, 2.45) is 0 Å². The van der Waals surface area contributed by atoms with Gasteiger partial charge in [0.15, 0.2) is 6.79 Å². The largest absolute Gasteiger partial charge is 0.435 e. The number of rotatable bonds is 4. The first kappa shape index (κ1) is 13.0. The average molecular weight is 289 g/mol. The molecule has 0 saturated carbocycles. The lowest BCUT2D eigenvalue weighted by Gasteiger charge is -2.22. The van der Waals surface area contributed by atoms with Crippen molar-refractivity contribution < 1.29 is 27.4 Å². The van der Waals surface area contributed by atoms with E-state index in [0.717, 1.165) is 0 Å². The Labute approximate surface area is 110 Å². The van der Waals surface area contributed by atoms with Crippen LogP contribution >= 0.6 is 0 Å². The molecule has 3 saturated heterocycles. The SMILES string of the molecule is C=C(C)C(=O)OCOC1C2CC3C(O2)C1NS3(=O)=O. The number of nitrogens with one attached hydrogen (secondary N) is 1. The minimum Gasteiger partial charge on any atom is -0.435 e. The highest BCUT2D eigenvalue weighted by Crippen LogP contribution is 2.44. The van der Waals surface area contributed by atoms with Crippen LogP contribution in [0.15, 0.2) is 12.2 Å². The van der Waals surface area contributed by atoms with Gasteiger partial charge in [0.05, 0.1) is 18.2 Å². The predicted molar refractivity (Wildman–Crippen MR) is 63.6 cm³/mol. The number of sulfonamides is 1. The summed E-state index contributed by atoms with van der Waals surface area (Å²) >= 11 is 0. The van der Waals surface area contributed by atoms with Crippen LogP contribution in [0, 0.1) is 0 Å². The Morgan fingerprint density at radius 1 is 1.53 bits per heavy atom. The van der Waals surface area contributed by atoms with Crippen molar-refractivity contribution in [1.29, 1.82) is 0 Å². The molecular formula is C11H15NO6S. The van der Waals surface area contributed by atoms with Crippen molar-refractivity contribution in [3.05, 3.63) is 12.2 Å². The molecule has 5 unspecified atom stereocenters. The van der Waals surface area contributed by atoms with Crippen LogP contribution in [0.25, 0.3) is 0 Å². The lowest BCUT2D eigenvalue weighted by atomic mass is 9.93. The molecule has 5 atom stereocenters. The van der Waals surface area contributed by atoms with Crippen molar-refractivity contribution in [2.45, 2.75) is 42.9 Å². The average Bonchev–Trinajstić information content (AvgIpc) is 2.91. The van der Waals surface area contributed by atoms with Crippen LogP contribution < -0.4 is 4.72 Å². The van der Waals surface area contributed by atoms with Crippen molar-refractivity contribution in [2.75, 3.05) is 6.79 Å². The highest BCUT2D eigenvalue weighted by molar-refractivity contribution is 7.90. The maximum Gasteiger partial charge on any atom is 0.335 e. The first-order valence-corrected chi connectivity index (χ1v) is 7.55. The minimum absolute atomic E-state index is 0.230. The van der Waals surface area contributed by atoms with Crippen molar-refractivity contribution in [1.82, 2.24) is 4.72 Å². The van der Waals surface area contributed by atoms with Gasteiger partial charge in [-0.05, 0) is 13.3 Å². The van der Waals surface area contributed by atoms with E-state index >= 15 is 0 Å². The number of carbonyl (C=O) groups excluding carboxylic acids is 1. The van der Waals surface area contributed by atoms with E-state index in [4.69, 9.17) is 14.2 Å². The van der Waals surface area contributed by atoms with Crippen LogP contribution in [-0.2, 0) is 29.0 Å². The van der Waals surface area contributed by atoms with Gasteiger partial charge in [-0.15, -0.1) is 0 Å². The number of fused-ring (bicyclic) bond motifs is 1. The summed E-state index contributed by atoms with van der Waals surface area (Å²) in [6, 6.07) is -0.378. The Kier molecular flexibility index (Phi) is 2.93. The first-order chi connectivity index (χ1) is 8.90. The van der Waals surface area contributed by atoms with E-state index in [1.807, 2.05) is 0 Å². The number of hydrogen-bond acceptors (Lipinski definition) is 6. The molecule has 19 heavy (non-hydrogen) atoms. The summed E-state index contributed by atoms with van der Waals surface area (Å²) in [6.45, 7) is 4.76. The summed E-state index contributed by atoms with van der Waals surface area (Å²) in [5, 5.41) is -0.472. The molecule has 2 bridgehead atoms. The van der Waals surface area contributed by atoms with Crippen LogP contribution in [0.2, 0.25) is 0 Å². The molecule has 0 radical (unpaired) electrons. The number of ether oxygens (including phenoxy) is 3. The standard InChI is InChI=1S/C11H15NO6S/c1-5(2)11(13)17-4-16-9-6-3-7-10(18-6)8(9)12-19(7,14)15/h6-10,12H,1,3-4H2,2H3. The molecule has 8 heteroatoms. The van der Waals surface area contributed by atoms with Crippen LogP contribution in [-0.4, -0.2) is 50.8 Å². The Morgan fingerprint density at radius 2 is 2.26 bits per heavy atom. The molecule has 3 aliphatic rings. The maximum absolute atomic E-state index is 11.8. The lowest BCUT2D eigenvalue weighted by molar-refractivity contribution is -0.159. The topological polar surface area (TPSA) is 90.9 Å². The Bertz CT molecular complexity index is 529. The summed E-state index contributed by atoms with van der Waals surface area (Å²) < 4.78 is 41.9. The second kappa shape index (κ2) is 4.27. The van der Waals surface area contributed by atoms with Crippen LogP contribution in [0.1, 0.15) is 13.3 Å². The van der Waals surface area contributed by atoms with E-state index in [0.29, 0.717) is 6.42 Å².